The molecular weight excluding hydrogens is 304 g/mol. The van der Waals surface area contributed by atoms with Gasteiger partial charge in [-0.1, -0.05) is 37.5 Å². The largest absolute Gasteiger partial charge is 0.463 e. The summed E-state index contributed by atoms with van der Waals surface area (Å²) in [7, 11) is 0. The third-order valence-corrected chi connectivity index (χ3v) is 5.28. The van der Waals surface area contributed by atoms with Crippen molar-refractivity contribution >= 4 is 17.0 Å². The molecular formula is C19H20N2OS. The van der Waals surface area contributed by atoms with Crippen molar-refractivity contribution in [3.8, 4) is 11.5 Å². The number of nitrogens with zero attached hydrogens (tertiary/aromatic N) is 2. The molecule has 4 heteroatoms. The molecule has 0 saturated heterocycles. The summed E-state index contributed by atoms with van der Waals surface area (Å²) < 4.78 is 8.06. The lowest BCUT2D eigenvalue weighted by atomic mass is 9.95. The van der Waals surface area contributed by atoms with Gasteiger partial charge in [-0.25, -0.2) is 4.99 Å². The minimum absolute atomic E-state index is 0.526. The molecule has 0 amide bonds. The molecule has 23 heavy (non-hydrogen) atoms. The van der Waals surface area contributed by atoms with Gasteiger partial charge < -0.3 is 8.98 Å². The van der Waals surface area contributed by atoms with Crippen molar-refractivity contribution in [2.24, 2.45) is 4.99 Å². The van der Waals surface area contributed by atoms with E-state index in [1.807, 2.05) is 30.3 Å². The summed E-state index contributed by atoms with van der Waals surface area (Å²) in [4.78, 5) is 5.95. The van der Waals surface area contributed by atoms with Gasteiger partial charge in [-0.2, -0.15) is 0 Å². The highest BCUT2D eigenvalue weighted by molar-refractivity contribution is 7.07. The molecule has 0 radical (unpaired) electrons. The Morgan fingerprint density at radius 1 is 1.00 bits per heavy atom. The summed E-state index contributed by atoms with van der Waals surface area (Å²) in [6, 6.07) is 14.7. The van der Waals surface area contributed by atoms with Crippen LogP contribution in [0.5, 0.6) is 0 Å². The second kappa shape index (κ2) is 6.59. The zero-order valence-corrected chi connectivity index (χ0v) is 13.8. The van der Waals surface area contributed by atoms with E-state index in [0.717, 1.165) is 21.9 Å². The predicted molar refractivity (Wildman–Crippen MR) is 93.8 cm³/mol. The van der Waals surface area contributed by atoms with Crippen molar-refractivity contribution in [2.75, 3.05) is 0 Å². The fraction of sp³-hybridized carbons (Fsp3) is 0.316. The van der Waals surface area contributed by atoms with Crippen molar-refractivity contribution in [2.45, 2.75) is 38.1 Å². The minimum atomic E-state index is 0.526. The number of para-hydroxylation sites is 1. The van der Waals surface area contributed by atoms with Gasteiger partial charge in [0.15, 0.2) is 10.6 Å². The lowest BCUT2D eigenvalue weighted by Gasteiger charge is -2.24. The molecule has 4 rings (SSSR count). The Bertz CT molecular complexity index is 809. The Morgan fingerprint density at radius 2 is 1.83 bits per heavy atom. The molecule has 0 bridgehead atoms. The number of furan rings is 1. The summed E-state index contributed by atoms with van der Waals surface area (Å²) in [6.45, 7) is 0. The van der Waals surface area contributed by atoms with E-state index in [2.05, 4.69) is 22.1 Å². The van der Waals surface area contributed by atoms with Crippen LogP contribution in [0.25, 0.3) is 11.5 Å². The summed E-state index contributed by atoms with van der Waals surface area (Å²) in [5.74, 6) is 0.932. The normalized spacial score (nSPS) is 16.8. The zero-order chi connectivity index (χ0) is 15.5. The second-order valence-corrected chi connectivity index (χ2v) is 6.83. The first-order chi connectivity index (χ1) is 11.4. The van der Waals surface area contributed by atoms with Crippen molar-refractivity contribution in [1.82, 2.24) is 4.57 Å². The lowest BCUT2D eigenvalue weighted by molar-refractivity contribution is 0.349. The first-order valence-corrected chi connectivity index (χ1v) is 9.13. The molecule has 0 spiro atoms. The molecule has 3 nitrogen and oxygen atoms in total. The second-order valence-electron chi connectivity index (χ2n) is 5.99. The van der Waals surface area contributed by atoms with Crippen LogP contribution < -0.4 is 4.80 Å². The van der Waals surface area contributed by atoms with Crippen LogP contribution >= 0.6 is 11.3 Å². The van der Waals surface area contributed by atoms with E-state index in [9.17, 15) is 0 Å². The highest BCUT2D eigenvalue weighted by Gasteiger charge is 2.21. The first kappa shape index (κ1) is 14.5. The van der Waals surface area contributed by atoms with E-state index in [-0.39, 0.29) is 0 Å². The predicted octanol–water partition coefficient (Wildman–Crippen LogP) is 5.55. The van der Waals surface area contributed by atoms with Crippen molar-refractivity contribution in [3.05, 3.63) is 58.9 Å². The monoisotopic (exact) mass is 324 g/mol. The molecule has 3 aromatic rings. The Morgan fingerprint density at radius 3 is 2.57 bits per heavy atom. The number of hydrogen-bond donors (Lipinski definition) is 0. The van der Waals surface area contributed by atoms with Gasteiger partial charge in [0, 0.05) is 11.4 Å². The van der Waals surface area contributed by atoms with Crippen LogP contribution in [0.15, 0.2) is 63.5 Å². The highest BCUT2D eigenvalue weighted by atomic mass is 32.1. The molecule has 0 unspecified atom stereocenters. The fourth-order valence-corrected chi connectivity index (χ4v) is 4.28. The van der Waals surface area contributed by atoms with Gasteiger partial charge in [0.25, 0.3) is 0 Å². The molecule has 0 N–H and O–H groups in total. The van der Waals surface area contributed by atoms with Crippen molar-refractivity contribution in [3.63, 3.8) is 0 Å². The number of rotatable bonds is 3. The smallest absolute Gasteiger partial charge is 0.190 e. The fourth-order valence-electron chi connectivity index (χ4n) is 3.31. The summed E-state index contributed by atoms with van der Waals surface area (Å²) in [5, 5.41) is 2.18. The Balaban J connectivity index is 1.84. The molecule has 1 aromatic carbocycles. The molecule has 1 saturated carbocycles. The Labute approximate surface area is 139 Å². The van der Waals surface area contributed by atoms with Gasteiger partial charge >= 0.3 is 0 Å². The van der Waals surface area contributed by atoms with E-state index < -0.39 is 0 Å². The Kier molecular flexibility index (Phi) is 4.16. The SMILES string of the molecule is c1ccc(N=c2scc(-c3ccco3)n2C2CCCCC2)cc1. The van der Waals surface area contributed by atoms with Crippen molar-refractivity contribution < 1.29 is 4.42 Å². The first-order valence-electron chi connectivity index (χ1n) is 8.25. The summed E-state index contributed by atoms with van der Waals surface area (Å²) in [5.41, 5.74) is 2.16. The van der Waals surface area contributed by atoms with Gasteiger partial charge in [-0.15, -0.1) is 11.3 Å². The van der Waals surface area contributed by atoms with Gasteiger partial charge in [0.2, 0.25) is 0 Å². The maximum Gasteiger partial charge on any atom is 0.190 e. The van der Waals surface area contributed by atoms with Crippen LogP contribution in [0.2, 0.25) is 0 Å². The number of hydrogen-bond acceptors (Lipinski definition) is 3. The van der Waals surface area contributed by atoms with Crippen LogP contribution in [0.3, 0.4) is 0 Å². The third-order valence-electron chi connectivity index (χ3n) is 4.44. The third kappa shape index (κ3) is 3.04. The molecule has 2 heterocycles. The summed E-state index contributed by atoms with van der Waals surface area (Å²) in [6.07, 6.45) is 8.15. The van der Waals surface area contributed by atoms with Gasteiger partial charge in [0.1, 0.15) is 0 Å². The quantitative estimate of drug-likeness (QED) is 0.621. The Hall–Kier alpha value is -2.07. The van der Waals surface area contributed by atoms with Crippen LogP contribution in [0.1, 0.15) is 38.1 Å². The molecule has 0 aliphatic heterocycles. The molecule has 1 aliphatic carbocycles. The number of benzene rings is 1. The van der Waals surface area contributed by atoms with Crippen molar-refractivity contribution in [1.29, 1.82) is 0 Å². The topological polar surface area (TPSA) is 30.4 Å². The average Bonchev–Trinajstić information content (AvgIpc) is 3.26. The van der Waals surface area contributed by atoms with Gasteiger partial charge in [0.05, 0.1) is 17.6 Å². The lowest BCUT2D eigenvalue weighted by Crippen LogP contribution is -2.23. The number of thiazole rings is 1. The van der Waals surface area contributed by atoms with E-state index in [4.69, 9.17) is 9.41 Å². The zero-order valence-electron chi connectivity index (χ0n) is 13.0. The van der Waals surface area contributed by atoms with E-state index in [0.29, 0.717) is 6.04 Å². The highest BCUT2D eigenvalue weighted by Crippen LogP contribution is 2.32. The van der Waals surface area contributed by atoms with Crippen LogP contribution in [0, 0.1) is 0 Å². The molecule has 118 valence electrons. The average molecular weight is 324 g/mol. The van der Waals surface area contributed by atoms with Gasteiger partial charge in [-0.05, 0) is 37.1 Å². The number of aromatic nitrogens is 1. The molecule has 1 aliphatic rings. The summed E-state index contributed by atoms with van der Waals surface area (Å²) >= 11 is 1.70. The maximum atomic E-state index is 5.66. The maximum absolute atomic E-state index is 5.66. The van der Waals surface area contributed by atoms with E-state index >= 15 is 0 Å². The van der Waals surface area contributed by atoms with Crippen LogP contribution in [-0.2, 0) is 0 Å². The van der Waals surface area contributed by atoms with E-state index in [1.54, 1.807) is 17.6 Å². The molecule has 0 atom stereocenters. The standard InChI is InChI=1S/C19H20N2OS/c1-3-8-15(9-4-1)20-19-21(16-10-5-2-6-11-16)17(14-23-19)18-12-7-13-22-18/h1,3-4,7-9,12-14,16H,2,5-6,10-11H2. The minimum Gasteiger partial charge on any atom is -0.463 e. The molecule has 1 fully saturated rings. The van der Waals surface area contributed by atoms with Crippen LogP contribution in [-0.4, -0.2) is 4.57 Å². The van der Waals surface area contributed by atoms with Gasteiger partial charge in [-0.3, -0.25) is 0 Å². The van der Waals surface area contributed by atoms with Crippen LogP contribution in [0.4, 0.5) is 5.69 Å². The van der Waals surface area contributed by atoms with E-state index in [1.165, 1.54) is 32.1 Å². The molecule has 2 aromatic heterocycles.